The van der Waals surface area contributed by atoms with Crippen molar-refractivity contribution in [2.75, 3.05) is 0 Å². The van der Waals surface area contributed by atoms with Gasteiger partial charge in [0.2, 0.25) is 0 Å². The highest BCUT2D eigenvalue weighted by molar-refractivity contribution is 6.24. The van der Waals surface area contributed by atoms with Crippen molar-refractivity contribution in [2.45, 2.75) is 0 Å². The van der Waals surface area contributed by atoms with Crippen LogP contribution in [0.4, 0.5) is 5.69 Å². The molecule has 1 aliphatic carbocycles. The summed E-state index contributed by atoms with van der Waals surface area (Å²) in [5, 5.41) is 14.9. The Morgan fingerprint density at radius 1 is 0.846 bits per heavy atom. The molecule has 0 unspecified atom stereocenters. The monoisotopic (exact) mass is 344 g/mol. The minimum absolute atomic E-state index is 0.0723. The molecule has 0 heterocycles. The molecule has 0 saturated carbocycles. The van der Waals surface area contributed by atoms with Gasteiger partial charge >= 0.3 is 5.97 Å². The number of benzene rings is 3. The first kappa shape index (κ1) is 15.7. The van der Waals surface area contributed by atoms with E-state index < -0.39 is 10.9 Å². The summed E-state index contributed by atoms with van der Waals surface area (Å²) < 4.78 is 0. The van der Waals surface area contributed by atoms with Crippen LogP contribution in [0.3, 0.4) is 0 Å². The number of hydrogen-bond acceptors (Lipinski definition) is 5. The number of nitrogens with zero attached hydrogens (tertiary/aromatic N) is 2. The molecule has 0 N–H and O–H groups in total. The first-order valence-corrected chi connectivity index (χ1v) is 7.88. The standard InChI is InChI=1S/C20H12N2O4/c23-20(13-6-5-7-14(12-13)22(24)25)26-21-19-17-10-3-1-8-15(17)16-9-2-4-11-18(16)19/h1-12H. The van der Waals surface area contributed by atoms with E-state index in [1.165, 1.54) is 24.3 Å². The van der Waals surface area contributed by atoms with Gasteiger partial charge in [-0.2, -0.15) is 0 Å². The molecule has 0 aliphatic heterocycles. The number of oxime groups is 1. The second kappa shape index (κ2) is 6.25. The van der Waals surface area contributed by atoms with E-state index in [1.807, 2.05) is 48.5 Å². The fourth-order valence-electron chi connectivity index (χ4n) is 2.98. The molecule has 26 heavy (non-hydrogen) atoms. The van der Waals surface area contributed by atoms with Gasteiger partial charge in [0.25, 0.3) is 5.69 Å². The summed E-state index contributed by atoms with van der Waals surface area (Å²) in [6, 6.07) is 20.8. The van der Waals surface area contributed by atoms with Gasteiger partial charge in [0.15, 0.2) is 0 Å². The van der Waals surface area contributed by atoms with Crippen molar-refractivity contribution < 1.29 is 14.6 Å². The number of hydrogen-bond donors (Lipinski definition) is 0. The molecule has 0 saturated heterocycles. The molecule has 0 aromatic heterocycles. The van der Waals surface area contributed by atoms with Gasteiger partial charge in [0.05, 0.1) is 10.5 Å². The van der Waals surface area contributed by atoms with Crippen LogP contribution < -0.4 is 0 Å². The van der Waals surface area contributed by atoms with Crippen LogP contribution in [0, 0.1) is 10.1 Å². The lowest BCUT2D eigenvalue weighted by atomic mass is 10.1. The number of non-ortho nitro benzene ring substituents is 1. The first-order valence-electron chi connectivity index (χ1n) is 7.88. The summed E-state index contributed by atoms with van der Waals surface area (Å²) in [6.07, 6.45) is 0. The fourth-order valence-corrected chi connectivity index (χ4v) is 2.98. The second-order valence-electron chi connectivity index (χ2n) is 5.72. The van der Waals surface area contributed by atoms with Crippen molar-refractivity contribution in [1.29, 1.82) is 0 Å². The molecule has 0 fully saturated rings. The maximum Gasteiger partial charge on any atom is 0.366 e. The van der Waals surface area contributed by atoms with Gasteiger partial charge in [0.1, 0.15) is 5.71 Å². The molecule has 3 aromatic carbocycles. The van der Waals surface area contributed by atoms with Crippen molar-refractivity contribution in [1.82, 2.24) is 0 Å². The van der Waals surface area contributed by atoms with Gasteiger partial charge in [-0.1, -0.05) is 59.8 Å². The Bertz CT molecular complexity index is 1030. The van der Waals surface area contributed by atoms with E-state index >= 15 is 0 Å². The Morgan fingerprint density at radius 3 is 2.00 bits per heavy atom. The van der Waals surface area contributed by atoms with Crippen LogP contribution in [-0.2, 0) is 4.84 Å². The highest BCUT2D eigenvalue weighted by atomic mass is 16.7. The largest absolute Gasteiger partial charge is 0.366 e. The average molecular weight is 344 g/mol. The summed E-state index contributed by atoms with van der Waals surface area (Å²) in [6.45, 7) is 0. The molecule has 126 valence electrons. The molecule has 0 bridgehead atoms. The number of rotatable bonds is 3. The highest BCUT2D eigenvalue weighted by Crippen LogP contribution is 2.36. The number of carbonyl (C=O) groups is 1. The second-order valence-corrected chi connectivity index (χ2v) is 5.72. The summed E-state index contributed by atoms with van der Waals surface area (Å²) in [5.41, 5.74) is 4.25. The van der Waals surface area contributed by atoms with Crippen molar-refractivity contribution in [3.63, 3.8) is 0 Å². The number of nitro benzene ring substituents is 1. The molecule has 4 rings (SSSR count). The molecule has 0 atom stereocenters. The SMILES string of the molecule is O=C(ON=C1c2ccccc2-c2ccccc21)c1cccc([N+](=O)[O-])c1. The third kappa shape index (κ3) is 2.63. The summed E-state index contributed by atoms with van der Waals surface area (Å²) >= 11 is 0. The van der Waals surface area contributed by atoms with Gasteiger partial charge in [-0.05, 0) is 17.2 Å². The quantitative estimate of drug-likeness (QED) is 0.317. The van der Waals surface area contributed by atoms with Crippen molar-refractivity contribution in [3.8, 4) is 11.1 Å². The van der Waals surface area contributed by atoms with Gasteiger partial charge in [-0.3, -0.25) is 10.1 Å². The number of fused-ring (bicyclic) bond motifs is 3. The molecule has 1 aliphatic rings. The van der Waals surface area contributed by atoms with Crippen LogP contribution in [0.5, 0.6) is 0 Å². The Hall–Kier alpha value is -3.80. The van der Waals surface area contributed by atoms with Crippen LogP contribution in [0.2, 0.25) is 0 Å². The number of carbonyl (C=O) groups excluding carboxylic acids is 1. The van der Waals surface area contributed by atoms with Crippen LogP contribution in [0.15, 0.2) is 78.0 Å². The zero-order chi connectivity index (χ0) is 18.1. The minimum Gasteiger partial charge on any atom is -0.312 e. The van der Waals surface area contributed by atoms with Crippen molar-refractivity contribution >= 4 is 17.4 Å². The van der Waals surface area contributed by atoms with Crippen LogP contribution in [0.1, 0.15) is 21.5 Å². The lowest BCUT2D eigenvalue weighted by Crippen LogP contribution is -2.06. The smallest absolute Gasteiger partial charge is 0.312 e. The zero-order valence-electron chi connectivity index (χ0n) is 13.5. The van der Waals surface area contributed by atoms with E-state index in [-0.39, 0.29) is 11.3 Å². The molecule has 6 heteroatoms. The average Bonchev–Trinajstić information content (AvgIpc) is 3.00. The number of nitro groups is 1. The predicted octanol–water partition coefficient (Wildman–Crippen LogP) is 4.18. The van der Waals surface area contributed by atoms with Crippen molar-refractivity contribution in [2.24, 2.45) is 5.16 Å². The van der Waals surface area contributed by atoms with E-state index in [0.717, 1.165) is 22.3 Å². The van der Waals surface area contributed by atoms with Gasteiger partial charge in [-0.25, -0.2) is 4.79 Å². The lowest BCUT2D eigenvalue weighted by Gasteiger charge is -2.02. The van der Waals surface area contributed by atoms with Crippen LogP contribution in [-0.4, -0.2) is 16.6 Å². The van der Waals surface area contributed by atoms with Crippen LogP contribution >= 0.6 is 0 Å². The molecular formula is C20H12N2O4. The highest BCUT2D eigenvalue weighted by Gasteiger charge is 2.25. The molecular weight excluding hydrogens is 332 g/mol. The van der Waals surface area contributed by atoms with Gasteiger partial charge < -0.3 is 4.84 Å². The topological polar surface area (TPSA) is 81.8 Å². The normalized spacial score (nSPS) is 11.5. The Balaban J connectivity index is 1.68. The summed E-state index contributed by atoms with van der Waals surface area (Å²) in [4.78, 5) is 27.6. The van der Waals surface area contributed by atoms with E-state index in [2.05, 4.69) is 5.16 Å². The molecule has 6 nitrogen and oxygen atoms in total. The van der Waals surface area contributed by atoms with E-state index in [9.17, 15) is 14.9 Å². The fraction of sp³-hybridized carbons (Fsp3) is 0. The Labute approximate surface area is 148 Å². The molecule has 0 spiro atoms. The van der Waals surface area contributed by atoms with E-state index in [0.29, 0.717) is 5.71 Å². The molecule has 0 amide bonds. The Morgan fingerprint density at radius 2 is 1.42 bits per heavy atom. The van der Waals surface area contributed by atoms with Crippen molar-refractivity contribution in [3.05, 3.63) is 99.6 Å². The third-order valence-electron chi connectivity index (χ3n) is 4.17. The van der Waals surface area contributed by atoms with E-state index in [4.69, 9.17) is 4.84 Å². The van der Waals surface area contributed by atoms with Crippen LogP contribution in [0.25, 0.3) is 11.1 Å². The molecule has 0 radical (unpaired) electrons. The summed E-state index contributed by atoms with van der Waals surface area (Å²) in [5.74, 6) is -0.747. The maximum absolute atomic E-state index is 12.2. The molecule has 3 aromatic rings. The predicted molar refractivity (Wildman–Crippen MR) is 96.0 cm³/mol. The maximum atomic E-state index is 12.2. The third-order valence-corrected chi connectivity index (χ3v) is 4.17. The van der Waals surface area contributed by atoms with Gasteiger partial charge in [-0.15, -0.1) is 0 Å². The van der Waals surface area contributed by atoms with Gasteiger partial charge in [0, 0.05) is 23.3 Å². The minimum atomic E-state index is -0.747. The summed E-state index contributed by atoms with van der Waals surface area (Å²) in [7, 11) is 0. The zero-order valence-corrected chi connectivity index (χ0v) is 13.5. The lowest BCUT2D eigenvalue weighted by molar-refractivity contribution is -0.384. The van der Waals surface area contributed by atoms with E-state index in [1.54, 1.807) is 0 Å². The first-order chi connectivity index (χ1) is 12.6. The Kier molecular flexibility index (Phi) is 3.78.